The van der Waals surface area contributed by atoms with Crippen LogP contribution in [0.4, 0.5) is 0 Å². The molecule has 1 heterocycles. The molecule has 0 fully saturated rings. The number of hydrogen-bond donors (Lipinski definition) is 1. The maximum atomic E-state index is 4.40. The highest BCUT2D eigenvalue weighted by Crippen LogP contribution is 2.10. The zero-order chi connectivity index (χ0) is 11.4. The zero-order valence-electron chi connectivity index (χ0n) is 10.5. The van der Waals surface area contributed by atoms with Gasteiger partial charge in [-0.2, -0.15) is 5.10 Å². The van der Waals surface area contributed by atoms with Crippen molar-refractivity contribution in [3.8, 4) is 0 Å². The highest BCUT2D eigenvalue weighted by molar-refractivity contribution is 5.00. The summed E-state index contributed by atoms with van der Waals surface area (Å²) in [5, 5.41) is 7.94. The smallest absolute Gasteiger partial charge is 0.0627 e. The van der Waals surface area contributed by atoms with Crippen molar-refractivity contribution >= 4 is 0 Å². The van der Waals surface area contributed by atoms with E-state index in [1.54, 1.807) is 0 Å². The van der Waals surface area contributed by atoms with E-state index in [-0.39, 0.29) is 0 Å². The Kier molecular flexibility index (Phi) is 4.33. The van der Waals surface area contributed by atoms with E-state index in [1.807, 2.05) is 17.9 Å². The van der Waals surface area contributed by atoms with Gasteiger partial charge >= 0.3 is 0 Å². The third kappa shape index (κ3) is 4.04. The van der Waals surface area contributed by atoms with Gasteiger partial charge in [-0.05, 0) is 25.3 Å². The van der Waals surface area contributed by atoms with Crippen molar-refractivity contribution in [2.75, 3.05) is 0 Å². The maximum Gasteiger partial charge on any atom is 0.0627 e. The number of nitrogens with one attached hydrogen (secondary N) is 1. The Balaban J connectivity index is 2.44. The van der Waals surface area contributed by atoms with E-state index in [9.17, 15) is 0 Å². The molecular weight excluding hydrogens is 186 g/mol. The third-order valence-corrected chi connectivity index (χ3v) is 2.75. The molecule has 1 aromatic rings. The van der Waals surface area contributed by atoms with Crippen LogP contribution in [0.2, 0.25) is 0 Å². The Morgan fingerprint density at radius 1 is 1.33 bits per heavy atom. The molecule has 0 aromatic carbocycles. The van der Waals surface area contributed by atoms with Crippen molar-refractivity contribution in [3.05, 3.63) is 18.0 Å². The molecule has 0 radical (unpaired) electrons. The average Bonchev–Trinajstić information content (AvgIpc) is 2.50. The van der Waals surface area contributed by atoms with Gasteiger partial charge in [-0.15, -0.1) is 0 Å². The molecule has 2 unspecified atom stereocenters. The van der Waals surface area contributed by atoms with Gasteiger partial charge in [-0.1, -0.05) is 20.8 Å². The minimum atomic E-state index is 0.534. The summed E-state index contributed by atoms with van der Waals surface area (Å²) in [7, 11) is 1.96. The number of hydrogen-bond acceptors (Lipinski definition) is 2. The van der Waals surface area contributed by atoms with Crippen molar-refractivity contribution in [1.29, 1.82) is 0 Å². The molecule has 0 bridgehead atoms. The van der Waals surface area contributed by atoms with Crippen LogP contribution < -0.4 is 5.32 Å². The van der Waals surface area contributed by atoms with Gasteiger partial charge in [0.15, 0.2) is 0 Å². The molecule has 3 nitrogen and oxygen atoms in total. The predicted octanol–water partition coefficient (Wildman–Crippen LogP) is 1.99. The molecule has 0 amide bonds. The molecule has 1 rings (SSSR count). The van der Waals surface area contributed by atoms with Gasteiger partial charge in [-0.25, -0.2) is 0 Å². The van der Waals surface area contributed by atoms with E-state index in [4.69, 9.17) is 0 Å². The highest BCUT2D eigenvalue weighted by atomic mass is 15.2. The number of nitrogens with zero attached hydrogens (tertiary/aromatic N) is 2. The van der Waals surface area contributed by atoms with Crippen molar-refractivity contribution in [2.45, 2.75) is 46.2 Å². The third-order valence-electron chi connectivity index (χ3n) is 2.75. The van der Waals surface area contributed by atoms with Crippen LogP contribution in [-0.2, 0) is 13.5 Å². The summed E-state index contributed by atoms with van der Waals surface area (Å²) in [6.07, 6.45) is 3.05. The molecule has 0 aliphatic heterocycles. The van der Waals surface area contributed by atoms with Gasteiger partial charge < -0.3 is 5.32 Å². The lowest BCUT2D eigenvalue weighted by Gasteiger charge is -2.22. The molecule has 1 aromatic heterocycles. The summed E-state index contributed by atoms with van der Waals surface area (Å²) in [5.41, 5.74) is 1.18. The van der Waals surface area contributed by atoms with Crippen LogP contribution in [0, 0.1) is 5.92 Å². The molecule has 0 aliphatic carbocycles. The molecule has 0 aliphatic rings. The molecule has 2 atom stereocenters. The Morgan fingerprint density at radius 3 is 2.47 bits per heavy atom. The lowest BCUT2D eigenvalue weighted by Crippen LogP contribution is -2.37. The highest BCUT2D eigenvalue weighted by Gasteiger charge is 2.14. The van der Waals surface area contributed by atoms with E-state index in [0.29, 0.717) is 18.0 Å². The minimum Gasteiger partial charge on any atom is -0.312 e. The Morgan fingerprint density at radius 2 is 2.00 bits per heavy atom. The van der Waals surface area contributed by atoms with Crippen LogP contribution >= 0.6 is 0 Å². The fourth-order valence-electron chi connectivity index (χ4n) is 1.77. The Bertz CT molecular complexity index is 291. The molecule has 1 N–H and O–H groups in total. The number of aromatic nitrogens is 2. The number of aryl methyl sites for hydroxylation is 1. The largest absolute Gasteiger partial charge is 0.312 e. The monoisotopic (exact) mass is 209 g/mol. The molecule has 15 heavy (non-hydrogen) atoms. The SMILES string of the molecule is CC(C)NC(C)C(C)Cc1ccn(C)n1. The summed E-state index contributed by atoms with van der Waals surface area (Å²) in [6.45, 7) is 8.89. The maximum absolute atomic E-state index is 4.40. The topological polar surface area (TPSA) is 29.9 Å². The molecule has 0 saturated carbocycles. The van der Waals surface area contributed by atoms with Crippen LogP contribution in [0.15, 0.2) is 12.3 Å². The van der Waals surface area contributed by atoms with Crippen LogP contribution in [0.1, 0.15) is 33.4 Å². The molecule has 3 heteroatoms. The van der Waals surface area contributed by atoms with Gasteiger partial charge in [0.05, 0.1) is 5.69 Å². The first kappa shape index (κ1) is 12.2. The van der Waals surface area contributed by atoms with E-state index in [1.165, 1.54) is 5.69 Å². The van der Waals surface area contributed by atoms with Crippen molar-refractivity contribution in [1.82, 2.24) is 15.1 Å². The van der Waals surface area contributed by atoms with E-state index < -0.39 is 0 Å². The second-order valence-corrected chi connectivity index (χ2v) is 4.77. The second-order valence-electron chi connectivity index (χ2n) is 4.77. The van der Waals surface area contributed by atoms with Gasteiger partial charge in [0, 0.05) is 25.3 Å². The van der Waals surface area contributed by atoms with Gasteiger partial charge in [0.1, 0.15) is 0 Å². The summed E-state index contributed by atoms with van der Waals surface area (Å²) in [6, 6.07) is 3.18. The van der Waals surface area contributed by atoms with Crippen molar-refractivity contribution < 1.29 is 0 Å². The van der Waals surface area contributed by atoms with E-state index in [2.05, 4.69) is 44.2 Å². The summed E-state index contributed by atoms with van der Waals surface area (Å²) >= 11 is 0. The Hall–Kier alpha value is -0.830. The summed E-state index contributed by atoms with van der Waals surface area (Å²) in [4.78, 5) is 0. The minimum absolute atomic E-state index is 0.534. The standard InChI is InChI=1S/C12H23N3/c1-9(2)13-11(4)10(3)8-12-6-7-15(5)14-12/h6-7,9-11,13H,8H2,1-5H3. The quantitative estimate of drug-likeness (QED) is 0.803. The lowest BCUT2D eigenvalue weighted by atomic mass is 9.97. The second kappa shape index (κ2) is 5.31. The van der Waals surface area contributed by atoms with Gasteiger partial charge in [0.2, 0.25) is 0 Å². The Labute approximate surface area is 92.9 Å². The molecule has 0 saturated heterocycles. The summed E-state index contributed by atoms with van der Waals surface area (Å²) in [5.74, 6) is 0.613. The van der Waals surface area contributed by atoms with Crippen LogP contribution in [0.5, 0.6) is 0 Å². The van der Waals surface area contributed by atoms with Crippen molar-refractivity contribution in [3.63, 3.8) is 0 Å². The van der Waals surface area contributed by atoms with Gasteiger partial charge in [0.25, 0.3) is 0 Å². The van der Waals surface area contributed by atoms with Crippen LogP contribution in [0.25, 0.3) is 0 Å². The van der Waals surface area contributed by atoms with E-state index >= 15 is 0 Å². The fourth-order valence-corrected chi connectivity index (χ4v) is 1.77. The number of rotatable bonds is 5. The lowest BCUT2D eigenvalue weighted by molar-refractivity contribution is 0.369. The van der Waals surface area contributed by atoms with Crippen LogP contribution in [-0.4, -0.2) is 21.9 Å². The predicted molar refractivity (Wildman–Crippen MR) is 63.8 cm³/mol. The summed E-state index contributed by atoms with van der Waals surface area (Å²) < 4.78 is 1.86. The molecular formula is C12H23N3. The normalized spacial score (nSPS) is 15.6. The molecule has 0 spiro atoms. The van der Waals surface area contributed by atoms with E-state index in [0.717, 1.165) is 6.42 Å². The van der Waals surface area contributed by atoms with Gasteiger partial charge in [-0.3, -0.25) is 4.68 Å². The first-order valence-electron chi connectivity index (χ1n) is 5.73. The van der Waals surface area contributed by atoms with Crippen molar-refractivity contribution in [2.24, 2.45) is 13.0 Å². The molecule has 86 valence electrons. The van der Waals surface area contributed by atoms with Crippen LogP contribution in [0.3, 0.4) is 0 Å². The first-order valence-corrected chi connectivity index (χ1v) is 5.73. The fraction of sp³-hybridized carbons (Fsp3) is 0.750. The first-order chi connectivity index (χ1) is 6.99. The average molecular weight is 209 g/mol. The zero-order valence-corrected chi connectivity index (χ0v) is 10.5.